The van der Waals surface area contributed by atoms with Crippen molar-refractivity contribution >= 4 is 16.3 Å². The minimum Gasteiger partial charge on any atom is -0.257 e. The second-order valence-electron chi connectivity index (χ2n) is 2.71. The molecule has 0 fully saturated rings. The van der Waals surface area contributed by atoms with E-state index in [0.717, 1.165) is 10.6 Å². The molecule has 0 amide bonds. The highest BCUT2D eigenvalue weighted by molar-refractivity contribution is 7.17. The third-order valence-electron chi connectivity index (χ3n) is 1.89. The molecule has 2 aromatic heterocycles. The Balaban J connectivity index is 3.12. The molecule has 5 nitrogen and oxygen atoms in total. The number of rotatable bonds is 0. The van der Waals surface area contributed by atoms with E-state index in [9.17, 15) is 9.59 Å². The normalized spacial score (nSPS) is 10.9. The van der Waals surface area contributed by atoms with Gasteiger partial charge in [-0.2, -0.15) is 4.98 Å². The van der Waals surface area contributed by atoms with Crippen molar-refractivity contribution in [2.75, 3.05) is 0 Å². The third-order valence-corrected chi connectivity index (χ3v) is 2.95. The van der Waals surface area contributed by atoms with Crippen LogP contribution in [-0.2, 0) is 0 Å². The van der Waals surface area contributed by atoms with Crippen LogP contribution in [0, 0.1) is 13.8 Å². The molecule has 0 saturated carbocycles. The Morgan fingerprint density at radius 1 is 1.38 bits per heavy atom. The molecule has 0 aliphatic rings. The number of fused-ring (bicyclic) bond motifs is 1. The Labute approximate surface area is 76.7 Å². The average molecular weight is 197 g/mol. The van der Waals surface area contributed by atoms with E-state index in [4.69, 9.17) is 0 Å². The van der Waals surface area contributed by atoms with E-state index in [1.807, 2.05) is 13.8 Å². The summed E-state index contributed by atoms with van der Waals surface area (Å²) in [5.74, 6) is 0. The first kappa shape index (κ1) is 8.18. The number of thiazole rings is 1. The number of hydrogen-bond donors (Lipinski definition) is 1. The van der Waals surface area contributed by atoms with E-state index in [0.29, 0.717) is 4.96 Å². The standard InChI is InChI=1S/C7H7N3O2S/c1-3-4(2)13-7-9-5(11)8-6(12)10(3)7/h1-2H3,(H,8,11,12). The van der Waals surface area contributed by atoms with Crippen LogP contribution >= 0.6 is 11.3 Å². The highest BCUT2D eigenvalue weighted by Crippen LogP contribution is 2.16. The highest BCUT2D eigenvalue weighted by atomic mass is 32.1. The number of aromatic amines is 1. The van der Waals surface area contributed by atoms with Gasteiger partial charge in [0.2, 0.25) is 4.96 Å². The van der Waals surface area contributed by atoms with Gasteiger partial charge >= 0.3 is 11.4 Å². The van der Waals surface area contributed by atoms with E-state index in [-0.39, 0.29) is 0 Å². The summed E-state index contributed by atoms with van der Waals surface area (Å²) in [5, 5.41) is 0. The lowest BCUT2D eigenvalue weighted by atomic mass is 10.4. The molecule has 2 aromatic rings. The molecule has 0 atom stereocenters. The van der Waals surface area contributed by atoms with E-state index in [2.05, 4.69) is 9.97 Å². The second-order valence-corrected chi connectivity index (χ2v) is 3.89. The maximum Gasteiger partial charge on any atom is 0.351 e. The average Bonchev–Trinajstić information content (AvgIpc) is 2.27. The fourth-order valence-corrected chi connectivity index (χ4v) is 2.08. The van der Waals surface area contributed by atoms with Crippen molar-refractivity contribution in [1.29, 1.82) is 0 Å². The SMILES string of the molecule is Cc1sc2nc(=O)[nH]c(=O)n2c1C. The molecular weight excluding hydrogens is 190 g/mol. The van der Waals surface area contributed by atoms with Gasteiger partial charge in [0.05, 0.1) is 0 Å². The van der Waals surface area contributed by atoms with Crippen molar-refractivity contribution in [2.24, 2.45) is 0 Å². The number of aryl methyl sites for hydroxylation is 2. The van der Waals surface area contributed by atoms with Crippen LogP contribution in [0.3, 0.4) is 0 Å². The zero-order chi connectivity index (χ0) is 9.59. The van der Waals surface area contributed by atoms with Crippen molar-refractivity contribution in [2.45, 2.75) is 13.8 Å². The van der Waals surface area contributed by atoms with Crippen LogP contribution in [0.25, 0.3) is 4.96 Å². The fourth-order valence-electron chi connectivity index (χ4n) is 1.13. The fraction of sp³-hybridized carbons (Fsp3) is 0.286. The minimum absolute atomic E-state index is 0.420. The van der Waals surface area contributed by atoms with Crippen molar-refractivity contribution in [3.8, 4) is 0 Å². The number of aromatic nitrogens is 3. The van der Waals surface area contributed by atoms with Crippen molar-refractivity contribution in [3.63, 3.8) is 0 Å². The van der Waals surface area contributed by atoms with Crippen LogP contribution in [0.15, 0.2) is 9.59 Å². The summed E-state index contributed by atoms with van der Waals surface area (Å²) >= 11 is 1.34. The van der Waals surface area contributed by atoms with Crippen molar-refractivity contribution < 1.29 is 0 Å². The molecule has 0 unspecified atom stereocenters. The van der Waals surface area contributed by atoms with Crippen LogP contribution in [0.5, 0.6) is 0 Å². The molecule has 13 heavy (non-hydrogen) atoms. The van der Waals surface area contributed by atoms with Gasteiger partial charge in [0.15, 0.2) is 0 Å². The van der Waals surface area contributed by atoms with Crippen LogP contribution in [0.1, 0.15) is 10.6 Å². The van der Waals surface area contributed by atoms with E-state index in [1.54, 1.807) is 0 Å². The quantitative estimate of drug-likeness (QED) is 0.649. The Morgan fingerprint density at radius 2 is 2.08 bits per heavy atom. The molecule has 0 bridgehead atoms. The predicted octanol–water partition coefficient (Wildman–Crippen LogP) is 0.0611. The summed E-state index contributed by atoms with van der Waals surface area (Å²) in [4.78, 5) is 29.4. The second kappa shape index (κ2) is 2.53. The summed E-state index contributed by atoms with van der Waals surface area (Å²) < 4.78 is 1.40. The summed E-state index contributed by atoms with van der Waals surface area (Å²) in [5.41, 5.74) is -0.183. The molecule has 0 aliphatic heterocycles. The van der Waals surface area contributed by atoms with Gasteiger partial charge < -0.3 is 0 Å². The first-order chi connectivity index (χ1) is 6.09. The molecule has 0 saturated heterocycles. The molecule has 0 aliphatic carbocycles. The summed E-state index contributed by atoms with van der Waals surface area (Å²) in [7, 11) is 0. The lowest BCUT2D eigenvalue weighted by Gasteiger charge is -1.91. The number of nitrogens with zero attached hydrogens (tertiary/aromatic N) is 2. The zero-order valence-corrected chi connectivity index (χ0v) is 7.94. The molecular formula is C7H7N3O2S. The van der Waals surface area contributed by atoms with Crippen molar-refractivity contribution in [3.05, 3.63) is 31.5 Å². The lowest BCUT2D eigenvalue weighted by molar-refractivity contribution is 0.894. The van der Waals surface area contributed by atoms with E-state index < -0.39 is 11.4 Å². The summed E-state index contributed by atoms with van der Waals surface area (Å²) in [6.07, 6.45) is 0. The maximum atomic E-state index is 11.3. The smallest absolute Gasteiger partial charge is 0.257 e. The van der Waals surface area contributed by atoms with Gasteiger partial charge in [-0.15, -0.1) is 11.3 Å². The first-order valence-electron chi connectivity index (χ1n) is 3.68. The highest BCUT2D eigenvalue weighted by Gasteiger charge is 2.07. The molecule has 1 N–H and O–H groups in total. The number of hydrogen-bond acceptors (Lipinski definition) is 4. The van der Waals surface area contributed by atoms with Gasteiger partial charge in [0.1, 0.15) is 0 Å². The predicted molar refractivity (Wildman–Crippen MR) is 49.4 cm³/mol. The van der Waals surface area contributed by atoms with Gasteiger partial charge in [-0.05, 0) is 13.8 Å². The van der Waals surface area contributed by atoms with Gasteiger partial charge in [0.25, 0.3) is 0 Å². The Kier molecular flexibility index (Phi) is 1.59. The van der Waals surface area contributed by atoms with Gasteiger partial charge in [-0.3, -0.25) is 4.98 Å². The van der Waals surface area contributed by atoms with Crippen molar-refractivity contribution in [1.82, 2.24) is 14.4 Å². The minimum atomic E-state index is -0.591. The largest absolute Gasteiger partial charge is 0.351 e. The summed E-state index contributed by atoms with van der Waals surface area (Å²) in [6.45, 7) is 3.71. The molecule has 2 heterocycles. The Bertz CT molecular complexity index is 577. The van der Waals surface area contributed by atoms with E-state index in [1.165, 1.54) is 15.7 Å². The zero-order valence-electron chi connectivity index (χ0n) is 7.12. The lowest BCUT2D eigenvalue weighted by Crippen LogP contribution is -2.27. The maximum absolute atomic E-state index is 11.3. The molecule has 0 spiro atoms. The number of nitrogens with one attached hydrogen (secondary N) is 1. The van der Waals surface area contributed by atoms with Crippen LogP contribution in [-0.4, -0.2) is 14.4 Å². The third kappa shape index (κ3) is 1.10. The van der Waals surface area contributed by atoms with Crippen LogP contribution < -0.4 is 11.4 Å². The van der Waals surface area contributed by atoms with Crippen LogP contribution in [0.2, 0.25) is 0 Å². The molecule has 0 radical (unpaired) electrons. The first-order valence-corrected chi connectivity index (χ1v) is 4.50. The molecule has 68 valence electrons. The topological polar surface area (TPSA) is 67.2 Å². The Morgan fingerprint density at radius 3 is 2.77 bits per heavy atom. The molecule has 2 rings (SSSR count). The molecule has 6 heteroatoms. The van der Waals surface area contributed by atoms with E-state index >= 15 is 0 Å². The number of H-pyrrole nitrogens is 1. The molecule has 0 aromatic carbocycles. The Hall–Kier alpha value is -1.43. The van der Waals surface area contributed by atoms with Crippen LogP contribution in [0.4, 0.5) is 0 Å². The summed E-state index contributed by atoms with van der Waals surface area (Å²) in [6, 6.07) is 0. The van der Waals surface area contributed by atoms with Gasteiger partial charge in [0, 0.05) is 10.6 Å². The van der Waals surface area contributed by atoms with Gasteiger partial charge in [-0.1, -0.05) is 0 Å². The monoisotopic (exact) mass is 197 g/mol. The van der Waals surface area contributed by atoms with Gasteiger partial charge in [-0.25, -0.2) is 14.0 Å².